The van der Waals surface area contributed by atoms with E-state index in [0.29, 0.717) is 5.41 Å². The van der Waals surface area contributed by atoms with Crippen molar-refractivity contribution in [2.75, 3.05) is 19.8 Å². The molecule has 0 spiro atoms. The van der Waals surface area contributed by atoms with Gasteiger partial charge in [-0.1, -0.05) is 25.1 Å². The predicted octanol–water partition coefficient (Wildman–Crippen LogP) is 2.31. The van der Waals surface area contributed by atoms with Crippen LogP contribution < -0.4 is 5.32 Å². The number of para-hydroxylation sites is 1. The molecular formula is C16H21N3O. The maximum absolute atomic E-state index is 5.28. The summed E-state index contributed by atoms with van der Waals surface area (Å²) in [6, 6.07) is 10.4. The average Bonchev–Trinajstić information content (AvgIpc) is 2.79. The van der Waals surface area contributed by atoms with Crippen molar-refractivity contribution < 1.29 is 4.74 Å². The minimum atomic E-state index is 0.298. The molecule has 1 aromatic heterocycles. The number of hydrogen-bond donors (Lipinski definition) is 1. The average molecular weight is 271 g/mol. The Kier molecular flexibility index (Phi) is 3.59. The Balaban J connectivity index is 1.71. The van der Waals surface area contributed by atoms with Gasteiger partial charge in [-0.05, 0) is 19.1 Å². The maximum Gasteiger partial charge on any atom is 0.110 e. The molecule has 4 nitrogen and oxygen atoms in total. The number of rotatable bonds is 5. The van der Waals surface area contributed by atoms with E-state index in [1.165, 1.54) is 5.69 Å². The Hall–Kier alpha value is -1.65. The Morgan fingerprint density at radius 2 is 2.05 bits per heavy atom. The molecule has 3 rings (SSSR count). The molecule has 20 heavy (non-hydrogen) atoms. The van der Waals surface area contributed by atoms with Gasteiger partial charge in [0.15, 0.2) is 0 Å². The third kappa shape index (κ3) is 2.62. The van der Waals surface area contributed by atoms with Gasteiger partial charge in [-0.2, -0.15) is 0 Å². The van der Waals surface area contributed by atoms with Crippen molar-refractivity contribution in [3.8, 4) is 5.69 Å². The van der Waals surface area contributed by atoms with Gasteiger partial charge in [-0.15, -0.1) is 0 Å². The number of aromatic nitrogens is 2. The highest BCUT2D eigenvalue weighted by molar-refractivity contribution is 5.35. The normalized spacial score (nSPS) is 16.9. The molecule has 0 aliphatic carbocycles. The molecule has 2 heterocycles. The smallest absolute Gasteiger partial charge is 0.110 e. The van der Waals surface area contributed by atoms with Crippen molar-refractivity contribution in [1.82, 2.24) is 14.9 Å². The van der Waals surface area contributed by atoms with E-state index in [-0.39, 0.29) is 0 Å². The van der Waals surface area contributed by atoms with Crippen LogP contribution in [0.2, 0.25) is 0 Å². The molecule has 0 saturated carbocycles. The predicted molar refractivity (Wildman–Crippen MR) is 78.9 cm³/mol. The zero-order valence-corrected chi connectivity index (χ0v) is 12.1. The Labute approximate surface area is 119 Å². The maximum atomic E-state index is 5.28. The van der Waals surface area contributed by atoms with Crippen LogP contribution in [0.1, 0.15) is 18.4 Å². The summed E-state index contributed by atoms with van der Waals surface area (Å²) in [5, 5.41) is 3.53. The molecule has 1 saturated heterocycles. The van der Waals surface area contributed by atoms with Gasteiger partial charge in [0.05, 0.1) is 25.1 Å². The van der Waals surface area contributed by atoms with Crippen LogP contribution in [0.3, 0.4) is 0 Å². The summed E-state index contributed by atoms with van der Waals surface area (Å²) in [5.41, 5.74) is 2.65. The quantitative estimate of drug-likeness (QED) is 0.907. The lowest BCUT2D eigenvalue weighted by Crippen LogP contribution is -2.47. The summed E-state index contributed by atoms with van der Waals surface area (Å²) in [5.74, 6) is 1.02. The van der Waals surface area contributed by atoms with Gasteiger partial charge < -0.3 is 10.1 Å². The SMILES string of the molecule is Cc1ncc(CNCC2(C)COC2)n1-c1ccccc1. The minimum absolute atomic E-state index is 0.298. The first-order valence-electron chi connectivity index (χ1n) is 7.05. The van der Waals surface area contributed by atoms with Crippen molar-refractivity contribution in [1.29, 1.82) is 0 Å². The van der Waals surface area contributed by atoms with Crippen molar-refractivity contribution >= 4 is 0 Å². The number of ether oxygens (including phenoxy) is 1. The van der Waals surface area contributed by atoms with E-state index in [1.54, 1.807) is 0 Å². The summed E-state index contributed by atoms with van der Waals surface area (Å²) in [6.45, 7) is 7.81. The molecule has 4 heteroatoms. The zero-order valence-electron chi connectivity index (χ0n) is 12.1. The first-order valence-corrected chi connectivity index (χ1v) is 7.05. The molecule has 0 unspecified atom stereocenters. The van der Waals surface area contributed by atoms with Crippen LogP contribution >= 0.6 is 0 Å². The van der Waals surface area contributed by atoms with Crippen molar-refractivity contribution in [3.63, 3.8) is 0 Å². The number of nitrogens with zero attached hydrogens (tertiary/aromatic N) is 2. The monoisotopic (exact) mass is 271 g/mol. The van der Waals surface area contributed by atoms with E-state index in [4.69, 9.17) is 4.74 Å². The molecule has 1 fully saturated rings. The van der Waals surface area contributed by atoms with Gasteiger partial charge in [-0.3, -0.25) is 4.57 Å². The van der Waals surface area contributed by atoms with E-state index in [9.17, 15) is 0 Å². The summed E-state index contributed by atoms with van der Waals surface area (Å²) >= 11 is 0. The minimum Gasteiger partial charge on any atom is -0.380 e. The summed E-state index contributed by atoms with van der Waals surface area (Å²) < 4.78 is 7.48. The van der Waals surface area contributed by atoms with E-state index >= 15 is 0 Å². The standard InChI is InChI=1S/C16H21N3O/c1-13-18-9-15(8-17-10-16(2)11-20-12-16)19(13)14-6-4-3-5-7-14/h3-7,9,17H,8,10-12H2,1-2H3. The van der Waals surface area contributed by atoms with Gasteiger partial charge in [0.2, 0.25) is 0 Å². The summed E-state index contributed by atoms with van der Waals surface area (Å²) in [4.78, 5) is 4.44. The second kappa shape index (κ2) is 5.38. The molecular weight excluding hydrogens is 250 g/mol. The van der Waals surface area contributed by atoms with Gasteiger partial charge in [0.1, 0.15) is 5.82 Å². The summed E-state index contributed by atoms with van der Waals surface area (Å²) in [6.07, 6.45) is 1.95. The molecule has 0 amide bonds. The highest BCUT2D eigenvalue weighted by Crippen LogP contribution is 2.25. The molecule has 1 aromatic carbocycles. The second-order valence-corrected chi connectivity index (χ2v) is 5.87. The number of aryl methyl sites for hydroxylation is 1. The molecule has 0 bridgehead atoms. The molecule has 1 aliphatic rings. The van der Waals surface area contributed by atoms with Crippen molar-refractivity contribution in [3.05, 3.63) is 48.0 Å². The number of nitrogens with one attached hydrogen (secondary N) is 1. The Morgan fingerprint density at radius 3 is 2.70 bits per heavy atom. The van der Waals surface area contributed by atoms with Crippen LogP contribution in [0.15, 0.2) is 36.5 Å². The number of imidazole rings is 1. The van der Waals surface area contributed by atoms with Gasteiger partial charge in [-0.25, -0.2) is 4.98 Å². The highest BCUT2D eigenvalue weighted by Gasteiger charge is 2.32. The van der Waals surface area contributed by atoms with Crippen molar-refractivity contribution in [2.24, 2.45) is 5.41 Å². The van der Waals surface area contributed by atoms with Gasteiger partial charge in [0, 0.05) is 24.2 Å². The van der Waals surface area contributed by atoms with Gasteiger partial charge in [0.25, 0.3) is 0 Å². The molecule has 1 N–H and O–H groups in total. The zero-order chi connectivity index (χ0) is 14.0. The molecule has 0 atom stereocenters. The van der Waals surface area contributed by atoms with Crippen LogP contribution in [-0.2, 0) is 11.3 Å². The van der Waals surface area contributed by atoms with Crippen LogP contribution in [0.5, 0.6) is 0 Å². The fourth-order valence-corrected chi connectivity index (χ4v) is 2.59. The van der Waals surface area contributed by atoms with E-state index in [1.807, 2.05) is 19.2 Å². The molecule has 0 radical (unpaired) electrons. The van der Waals surface area contributed by atoms with Gasteiger partial charge >= 0.3 is 0 Å². The number of benzene rings is 1. The van der Waals surface area contributed by atoms with Crippen LogP contribution in [0.25, 0.3) is 5.69 Å². The Morgan fingerprint density at radius 1 is 1.30 bits per heavy atom. The first-order chi connectivity index (χ1) is 9.68. The van der Waals surface area contributed by atoms with E-state index in [0.717, 1.165) is 37.8 Å². The number of hydrogen-bond acceptors (Lipinski definition) is 3. The lowest BCUT2D eigenvalue weighted by atomic mass is 9.89. The molecule has 2 aromatic rings. The topological polar surface area (TPSA) is 39.1 Å². The largest absolute Gasteiger partial charge is 0.380 e. The third-order valence-corrected chi connectivity index (χ3v) is 3.78. The lowest BCUT2D eigenvalue weighted by Gasteiger charge is -2.38. The second-order valence-electron chi connectivity index (χ2n) is 5.87. The fourth-order valence-electron chi connectivity index (χ4n) is 2.59. The first kappa shape index (κ1) is 13.3. The third-order valence-electron chi connectivity index (χ3n) is 3.78. The van der Waals surface area contributed by atoms with Crippen molar-refractivity contribution in [2.45, 2.75) is 20.4 Å². The molecule has 106 valence electrons. The molecule has 1 aliphatic heterocycles. The van der Waals surface area contributed by atoms with Crippen LogP contribution in [-0.4, -0.2) is 29.3 Å². The van der Waals surface area contributed by atoms with E-state index < -0.39 is 0 Å². The van der Waals surface area contributed by atoms with E-state index in [2.05, 4.69) is 46.1 Å². The fraction of sp³-hybridized carbons (Fsp3) is 0.438. The lowest BCUT2D eigenvalue weighted by molar-refractivity contribution is -0.0991. The summed E-state index contributed by atoms with van der Waals surface area (Å²) in [7, 11) is 0. The van der Waals surface area contributed by atoms with Crippen LogP contribution in [0, 0.1) is 12.3 Å². The van der Waals surface area contributed by atoms with Crippen LogP contribution in [0.4, 0.5) is 0 Å². The highest BCUT2D eigenvalue weighted by atomic mass is 16.5. The Bertz CT molecular complexity index is 573.